The van der Waals surface area contributed by atoms with Crippen LogP contribution in [0.4, 0.5) is 0 Å². The van der Waals surface area contributed by atoms with Crippen LogP contribution < -0.4 is 0 Å². The standard InChI is InChI=1S/C24H20N2O2/c27-23(28)16-22-17-25-18-26(22)24(19-10-4-1-5-11-19,20-12-6-2-7-13-20)21-14-8-3-9-15-21/h1-15,17-18H,16H2,(H,27,28). The van der Waals surface area contributed by atoms with E-state index in [4.69, 9.17) is 0 Å². The molecule has 0 aliphatic carbocycles. The zero-order valence-electron chi connectivity index (χ0n) is 15.3. The third kappa shape index (κ3) is 2.99. The Bertz CT molecular complexity index is 961. The Hall–Kier alpha value is -3.66. The van der Waals surface area contributed by atoms with Crippen LogP contribution in [0.25, 0.3) is 0 Å². The zero-order chi connectivity index (χ0) is 19.4. The Balaban J connectivity index is 2.11. The van der Waals surface area contributed by atoms with Gasteiger partial charge in [-0.1, -0.05) is 91.0 Å². The van der Waals surface area contributed by atoms with E-state index in [1.54, 1.807) is 12.5 Å². The molecule has 4 aromatic rings. The minimum Gasteiger partial charge on any atom is -0.481 e. The molecule has 0 saturated heterocycles. The van der Waals surface area contributed by atoms with E-state index in [2.05, 4.69) is 41.4 Å². The van der Waals surface area contributed by atoms with Crippen molar-refractivity contribution >= 4 is 5.97 Å². The highest BCUT2D eigenvalue weighted by atomic mass is 16.4. The lowest BCUT2D eigenvalue weighted by Crippen LogP contribution is -2.38. The van der Waals surface area contributed by atoms with Gasteiger partial charge in [-0.2, -0.15) is 0 Å². The second kappa shape index (κ2) is 7.53. The van der Waals surface area contributed by atoms with Gasteiger partial charge in [0.2, 0.25) is 0 Å². The van der Waals surface area contributed by atoms with Gasteiger partial charge in [0.1, 0.15) is 5.54 Å². The summed E-state index contributed by atoms with van der Waals surface area (Å²) in [5, 5.41) is 9.45. The highest BCUT2D eigenvalue weighted by molar-refractivity contribution is 5.69. The number of aromatic nitrogens is 2. The molecule has 1 aromatic heterocycles. The summed E-state index contributed by atoms with van der Waals surface area (Å²) in [7, 11) is 0. The number of imidazole rings is 1. The molecule has 138 valence electrons. The largest absolute Gasteiger partial charge is 0.481 e. The SMILES string of the molecule is O=C(O)Cc1cncn1C(c1ccccc1)(c1ccccc1)c1ccccc1. The van der Waals surface area contributed by atoms with Crippen LogP contribution in [0.15, 0.2) is 104 Å². The Labute approximate surface area is 163 Å². The maximum atomic E-state index is 11.5. The molecule has 0 atom stereocenters. The van der Waals surface area contributed by atoms with E-state index in [0.29, 0.717) is 5.69 Å². The predicted molar refractivity (Wildman–Crippen MR) is 108 cm³/mol. The number of carbonyl (C=O) groups is 1. The van der Waals surface area contributed by atoms with Crippen LogP contribution in [0, 0.1) is 0 Å². The highest BCUT2D eigenvalue weighted by Crippen LogP contribution is 2.41. The topological polar surface area (TPSA) is 55.1 Å². The number of rotatable bonds is 6. The van der Waals surface area contributed by atoms with Gasteiger partial charge in [-0.3, -0.25) is 4.79 Å². The second-order valence-corrected chi connectivity index (χ2v) is 6.63. The van der Waals surface area contributed by atoms with E-state index >= 15 is 0 Å². The third-order valence-electron chi connectivity index (χ3n) is 4.98. The quantitative estimate of drug-likeness (QED) is 0.515. The lowest BCUT2D eigenvalue weighted by molar-refractivity contribution is -0.136. The molecule has 4 nitrogen and oxygen atoms in total. The molecule has 0 unspecified atom stereocenters. The van der Waals surface area contributed by atoms with Crippen LogP contribution in [0.3, 0.4) is 0 Å². The van der Waals surface area contributed by atoms with Gasteiger partial charge in [0.05, 0.1) is 12.7 Å². The first-order valence-corrected chi connectivity index (χ1v) is 9.13. The van der Waals surface area contributed by atoms with Gasteiger partial charge in [0.25, 0.3) is 0 Å². The summed E-state index contributed by atoms with van der Waals surface area (Å²) in [4.78, 5) is 15.8. The molecule has 0 fully saturated rings. The van der Waals surface area contributed by atoms with Crippen LogP contribution in [0.1, 0.15) is 22.4 Å². The van der Waals surface area contributed by atoms with Crippen molar-refractivity contribution in [1.82, 2.24) is 9.55 Å². The van der Waals surface area contributed by atoms with E-state index < -0.39 is 11.5 Å². The fraction of sp³-hybridized carbons (Fsp3) is 0.0833. The molecule has 0 spiro atoms. The van der Waals surface area contributed by atoms with Crippen molar-refractivity contribution in [2.24, 2.45) is 0 Å². The third-order valence-corrected chi connectivity index (χ3v) is 4.98. The smallest absolute Gasteiger partial charge is 0.309 e. The minimum absolute atomic E-state index is 0.103. The summed E-state index contributed by atoms with van der Waals surface area (Å²) < 4.78 is 1.99. The fourth-order valence-electron chi connectivity index (χ4n) is 3.87. The summed E-state index contributed by atoms with van der Waals surface area (Å²) >= 11 is 0. The van der Waals surface area contributed by atoms with Crippen LogP contribution in [-0.2, 0) is 16.8 Å². The van der Waals surface area contributed by atoms with Gasteiger partial charge >= 0.3 is 5.97 Å². The minimum atomic E-state index is -0.884. The number of benzene rings is 3. The van der Waals surface area contributed by atoms with E-state index in [1.165, 1.54) is 0 Å². The average molecular weight is 368 g/mol. The highest BCUT2D eigenvalue weighted by Gasteiger charge is 2.39. The van der Waals surface area contributed by atoms with Crippen LogP contribution >= 0.6 is 0 Å². The number of hydrogen-bond donors (Lipinski definition) is 1. The van der Waals surface area contributed by atoms with E-state index in [9.17, 15) is 9.90 Å². The van der Waals surface area contributed by atoms with Crippen molar-refractivity contribution in [3.63, 3.8) is 0 Å². The lowest BCUT2D eigenvalue weighted by atomic mass is 9.76. The fourth-order valence-corrected chi connectivity index (χ4v) is 3.87. The summed E-state index contributed by atoms with van der Waals surface area (Å²) in [5.74, 6) is -0.884. The maximum Gasteiger partial charge on any atom is 0.309 e. The van der Waals surface area contributed by atoms with E-state index in [1.807, 2.05) is 59.2 Å². The normalized spacial score (nSPS) is 11.3. The van der Waals surface area contributed by atoms with E-state index in [0.717, 1.165) is 16.7 Å². The first kappa shape index (κ1) is 17.7. The predicted octanol–water partition coefficient (Wildman–Crippen LogP) is 4.35. The molecule has 0 bridgehead atoms. The average Bonchev–Trinajstić information content (AvgIpc) is 3.19. The summed E-state index contributed by atoms with van der Waals surface area (Å²) in [6, 6.07) is 30.4. The number of hydrogen-bond acceptors (Lipinski definition) is 2. The molecule has 0 aliphatic heterocycles. The molecule has 1 heterocycles. The molecule has 3 aromatic carbocycles. The van der Waals surface area contributed by atoms with Crippen LogP contribution in [0.5, 0.6) is 0 Å². The van der Waals surface area contributed by atoms with Gasteiger partial charge in [-0.25, -0.2) is 4.98 Å². The molecule has 0 saturated carbocycles. The monoisotopic (exact) mass is 368 g/mol. The van der Waals surface area contributed by atoms with Crippen LogP contribution in [-0.4, -0.2) is 20.6 Å². The van der Waals surface area contributed by atoms with Gasteiger partial charge in [0, 0.05) is 11.9 Å². The van der Waals surface area contributed by atoms with Gasteiger partial charge in [-0.15, -0.1) is 0 Å². The molecule has 0 aliphatic rings. The van der Waals surface area contributed by atoms with E-state index in [-0.39, 0.29) is 6.42 Å². The zero-order valence-corrected chi connectivity index (χ0v) is 15.3. The van der Waals surface area contributed by atoms with Crippen molar-refractivity contribution in [2.75, 3.05) is 0 Å². The Kier molecular flexibility index (Phi) is 4.77. The molecule has 28 heavy (non-hydrogen) atoms. The maximum absolute atomic E-state index is 11.5. The second-order valence-electron chi connectivity index (χ2n) is 6.63. The Morgan fingerprint density at radius 3 is 1.61 bits per heavy atom. The Morgan fingerprint density at radius 1 is 0.786 bits per heavy atom. The Morgan fingerprint density at radius 2 is 1.21 bits per heavy atom. The van der Waals surface area contributed by atoms with Crippen molar-refractivity contribution < 1.29 is 9.90 Å². The van der Waals surface area contributed by atoms with Gasteiger partial charge < -0.3 is 9.67 Å². The molecule has 4 heteroatoms. The van der Waals surface area contributed by atoms with Crippen molar-refractivity contribution in [2.45, 2.75) is 12.0 Å². The molecular formula is C24H20N2O2. The summed E-state index contributed by atoms with van der Waals surface area (Å²) in [6.07, 6.45) is 3.26. The number of carboxylic acids is 1. The molecule has 0 radical (unpaired) electrons. The number of carboxylic acid groups (broad SMARTS) is 1. The van der Waals surface area contributed by atoms with Gasteiger partial charge in [0.15, 0.2) is 0 Å². The van der Waals surface area contributed by atoms with Gasteiger partial charge in [-0.05, 0) is 16.7 Å². The first-order valence-electron chi connectivity index (χ1n) is 9.13. The van der Waals surface area contributed by atoms with Crippen molar-refractivity contribution in [1.29, 1.82) is 0 Å². The summed E-state index contributed by atoms with van der Waals surface area (Å²) in [6.45, 7) is 0. The molecular weight excluding hydrogens is 348 g/mol. The molecule has 4 rings (SSSR count). The molecule has 0 amide bonds. The summed E-state index contributed by atoms with van der Waals surface area (Å²) in [5.41, 5.74) is 3.03. The van der Waals surface area contributed by atoms with Crippen molar-refractivity contribution in [3.8, 4) is 0 Å². The number of nitrogens with zero attached hydrogens (tertiary/aromatic N) is 2. The first-order chi connectivity index (χ1) is 13.7. The lowest BCUT2D eigenvalue weighted by Gasteiger charge is -2.38. The van der Waals surface area contributed by atoms with Crippen molar-refractivity contribution in [3.05, 3.63) is 126 Å². The number of aliphatic carboxylic acids is 1. The van der Waals surface area contributed by atoms with Crippen LogP contribution in [0.2, 0.25) is 0 Å². The molecule has 1 N–H and O–H groups in total.